The number of nitrogens with two attached hydrogens (primary N) is 1. The van der Waals surface area contributed by atoms with Crippen LogP contribution in [0.2, 0.25) is 5.15 Å². The second-order valence-electron chi connectivity index (χ2n) is 29.1. The van der Waals surface area contributed by atoms with Crippen LogP contribution in [-0.2, 0) is 48.4 Å². The standard InChI is InChI=1S/C28H31N5O3.C23H23N5O.C14H12ClN3O.C14H20N2O2/c1-28(2,3)36-27(35)32-13-12-18-8-10-22(15-21(18)17-32)30-24-11-9-19-14-20(16-29)26(34)33(25(19)31-24)23-6-4-5-7-23;24-13-17-11-16-6-8-21(26-19-7-5-15-9-10-25-14-18(15)12-19)27-22(16)28(23(17)29)20-3-1-2-4-20;15-12-6-5-9-7-10(8-16)14(19)18(13(9)17-12)11-3-1-2-4-11;1-14(2,3)18-13(17)16-7-6-10-4-5-12(15)8-11(10)9-16/h8-11,14-15,23H,4-7,12-13,17H2,1-3H3,(H,30,31);5-8,11-12,20,25H,1-4,9-10,14H2,(H,26,27);5-7,11H,1-4H2;4-5,8H,6-7,9,15H2,1-3H3. The molecule has 3 aromatic carbocycles. The maximum atomic E-state index is 13.0. The van der Waals surface area contributed by atoms with Crippen LogP contribution in [0.4, 0.5) is 38.3 Å². The molecule has 0 radical (unpaired) electrons. The molecular formula is C79H86ClN15O7. The van der Waals surface area contributed by atoms with Gasteiger partial charge in [-0.2, -0.15) is 15.8 Å². The van der Waals surface area contributed by atoms with Gasteiger partial charge in [-0.1, -0.05) is 68.3 Å². The number of nitrogens with one attached hydrogen (secondary N) is 3. The number of aromatic nitrogens is 6. The highest BCUT2D eigenvalue weighted by atomic mass is 35.5. The molecule has 9 aromatic rings. The molecule has 0 bridgehead atoms. The Morgan fingerprint density at radius 1 is 0.500 bits per heavy atom. The molecule has 102 heavy (non-hydrogen) atoms. The Bertz CT molecular complexity index is 5010. The van der Waals surface area contributed by atoms with Gasteiger partial charge in [0.25, 0.3) is 16.7 Å². The summed E-state index contributed by atoms with van der Waals surface area (Å²) < 4.78 is 16.1. The van der Waals surface area contributed by atoms with Crippen molar-refractivity contribution in [2.75, 3.05) is 36.0 Å². The van der Waals surface area contributed by atoms with Gasteiger partial charge < -0.3 is 41.0 Å². The smallest absolute Gasteiger partial charge is 0.410 e. The summed E-state index contributed by atoms with van der Waals surface area (Å²) in [6, 6.07) is 40.8. The minimum atomic E-state index is -0.532. The number of hydrogen-bond acceptors (Lipinski definition) is 17. The number of carbonyl (C=O) groups excluding carboxylic acids is 2. The van der Waals surface area contributed by atoms with Crippen molar-refractivity contribution in [1.82, 2.24) is 43.8 Å². The van der Waals surface area contributed by atoms with Gasteiger partial charge in [-0.15, -0.1) is 0 Å². The molecule has 23 heteroatoms. The van der Waals surface area contributed by atoms with Crippen molar-refractivity contribution in [3.8, 4) is 18.2 Å². The number of nitrogens with zero attached hydrogens (tertiary/aromatic N) is 11. The van der Waals surface area contributed by atoms with Gasteiger partial charge in [-0.25, -0.2) is 24.5 Å². The predicted molar refractivity (Wildman–Crippen MR) is 396 cm³/mol. The second kappa shape index (κ2) is 30.7. The van der Waals surface area contributed by atoms with Crippen molar-refractivity contribution in [2.24, 2.45) is 0 Å². The number of fused-ring (bicyclic) bond motifs is 6. The lowest BCUT2D eigenvalue weighted by molar-refractivity contribution is 0.0214. The third-order valence-corrected chi connectivity index (χ3v) is 19.7. The Kier molecular flexibility index (Phi) is 21.4. The van der Waals surface area contributed by atoms with Gasteiger partial charge in [0, 0.05) is 84.1 Å². The van der Waals surface area contributed by atoms with Crippen molar-refractivity contribution in [3.63, 3.8) is 0 Å². The molecule has 3 aliphatic heterocycles. The number of hydrogen-bond donors (Lipinski definition) is 4. The fourth-order valence-corrected chi connectivity index (χ4v) is 14.7. The molecule has 15 rings (SSSR count). The number of nitrogen functional groups attached to an aromatic ring is 1. The average Bonchev–Trinajstić information content (AvgIpc) is 1.18. The summed E-state index contributed by atoms with van der Waals surface area (Å²) in [5.41, 5.74) is 16.3. The molecule has 22 nitrogen and oxygen atoms in total. The van der Waals surface area contributed by atoms with Crippen LogP contribution in [0.15, 0.2) is 124 Å². The zero-order chi connectivity index (χ0) is 72.0. The maximum absolute atomic E-state index is 13.0. The zero-order valence-electron chi connectivity index (χ0n) is 58.7. The number of benzene rings is 3. The Morgan fingerprint density at radius 2 is 0.882 bits per heavy atom. The highest BCUT2D eigenvalue weighted by Crippen LogP contribution is 2.36. The van der Waals surface area contributed by atoms with E-state index in [1.54, 1.807) is 53.8 Å². The summed E-state index contributed by atoms with van der Waals surface area (Å²) in [4.78, 5) is 80.2. The van der Waals surface area contributed by atoms with Gasteiger partial charge in [0.2, 0.25) is 0 Å². The molecule has 0 atom stereocenters. The summed E-state index contributed by atoms with van der Waals surface area (Å²) in [6.07, 6.45) is 14.4. The second-order valence-corrected chi connectivity index (χ2v) is 29.5. The first-order valence-electron chi connectivity index (χ1n) is 35.4. The molecule has 9 heterocycles. The number of carbonyl (C=O) groups is 2. The molecule has 0 saturated heterocycles. The fourth-order valence-electron chi connectivity index (χ4n) is 14.5. The minimum Gasteiger partial charge on any atom is -0.444 e. The summed E-state index contributed by atoms with van der Waals surface area (Å²) in [6.45, 7) is 15.5. The lowest BCUT2D eigenvalue weighted by atomic mass is 9.99. The molecule has 3 fully saturated rings. The van der Waals surface area contributed by atoms with Crippen LogP contribution in [0, 0.1) is 34.0 Å². The number of nitriles is 3. The van der Waals surface area contributed by atoms with Gasteiger partial charge in [-0.3, -0.25) is 28.1 Å². The normalized spacial score (nSPS) is 16.0. The van der Waals surface area contributed by atoms with Crippen molar-refractivity contribution in [1.29, 1.82) is 15.8 Å². The van der Waals surface area contributed by atoms with Gasteiger partial charge >= 0.3 is 12.2 Å². The number of rotatable bonds is 7. The van der Waals surface area contributed by atoms with Crippen LogP contribution in [-0.4, -0.2) is 81.5 Å². The van der Waals surface area contributed by atoms with E-state index in [2.05, 4.69) is 51.3 Å². The summed E-state index contributed by atoms with van der Waals surface area (Å²) in [5, 5.41) is 40.9. The summed E-state index contributed by atoms with van der Waals surface area (Å²) in [5.74, 6) is 1.33. The summed E-state index contributed by atoms with van der Waals surface area (Å²) >= 11 is 5.93. The topological polar surface area (TPSA) is 297 Å². The van der Waals surface area contributed by atoms with E-state index < -0.39 is 11.2 Å². The van der Waals surface area contributed by atoms with Crippen LogP contribution < -0.4 is 38.4 Å². The third kappa shape index (κ3) is 16.6. The lowest BCUT2D eigenvalue weighted by Crippen LogP contribution is -2.39. The van der Waals surface area contributed by atoms with Crippen LogP contribution >= 0.6 is 11.6 Å². The van der Waals surface area contributed by atoms with Gasteiger partial charge in [0.15, 0.2) is 0 Å². The van der Waals surface area contributed by atoms with Gasteiger partial charge in [0.05, 0.1) is 0 Å². The molecule has 5 N–H and O–H groups in total. The maximum Gasteiger partial charge on any atom is 0.410 e. The van der Waals surface area contributed by atoms with Crippen molar-refractivity contribution in [2.45, 2.75) is 187 Å². The minimum absolute atomic E-state index is 0.0682. The first kappa shape index (κ1) is 71.2. The molecule has 3 aliphatic carbocycles. The van der Waals surface area contributed by atoms with Gasteiger partial charge in [-0.05, 0) is 230 Å². The van der Waals surface area contributed by atoms with E-state index in [9.17, 15) is 34.5 Å². The Hall–Kier alpha value is -10.6. The number of ether oxygens (including phenoxy) is 2. The van der Waals surface area contributed by atoms with E-state index >= 15 is 0 Å². The van der Waals surface area contributed by atoms with E-state index in [0.717, 1.165) is 154 Å². The monoisotopic (exact) mass is 1390 g/mol. The number of halogens is 1. The summed E-state index contributed by atoms with van der Waals surface area (Å²) in [7, 11) is 0. The number of anilines is 5. The molecule has 0 spiro atoms. The first-order chi connectivity index (χ1) is 49.0. The van der Waals surface area contributed by atoms with Gasteiger partial charge in [0.1, 0.15) is 79.8 Å². The Morgan fingerprint density at radius 3 is 1.30 bits per heavy atom. The largest absolute Gasteiger partial charge is 0.444 e. The highest BCUT2D eigenvalue weighted by Gasteiger charge is 2.30. The van der Waals surface area contributed by atoms with Crippen LogP contribution in [0.5, 0.6) is 0 Å². The van der Waals surface area contributed by atoms with Crippen LogP contribution in [0.25, 0.3) is 33.1 Å². The highest BCUT2D eigenvalue weighted by molar-refractivity contribution is 6.29. The van der Waals surface area contributed by atoms with Crippen LogP contribution in [0.3, 0.4) is 0 Å². The molecule has 526 valence electrons. The van der Waals surface area contributed by atoms with E-state index in [0.29, 0.717) is 59.9 Å². The predicted octanol–water partition coefficient (Wildman–Crippen LogP) is 14.8. The quantitative estimate of drug-likeness (QED) is 0.0851. The third-order valence-electron chi connectivity index (χ3n) is 19.4. The molecule has 0 unspecified atom stereocenters. The van der Waals surface area contributed by atoms with Crippen molar-refractivity contribution in [3.05, 3.63) is 195 Å². The Labute approximate surface area is 597 Å². The SMILES string of the molecule is CC(C)(C)OC(=O)N1CCc2ccc(N)cc2C1.CC(C)(C)OC(=O)N1CCc2ccc(Nc3ccc4cc(C#N)c(=O)n(C5CCCC5)c4n3)cc2C1.N#Cc1cc2ccc(Cl)nc2n(C2CCCC2)c1=O.N#Cc1cc2ccc(Nc3ccc4c(c3)CNCC4)nc2n(C2CCCC2)c1=O. The molecule has 3 saturated carbocycles. The molecule has 6 aliphatic rings. The van der Waals surface area contributed by atoms with E-state index in [1.165, 1.54) is 22.3 Å². The lowest BCUT2D eigenvalue weighted by Gasteiger charge is -2.31. The Balaban J connectivity index is 0.000000134. The van der Waals surface area contributed by atoms with E-state index in [-0.39, 0.29) is 63.7 Å². The molecule has 6 aromatic heterocycles. The fraction of sp³-hybridized carbons (Fsp3) is 0.405. The van der Waals surface area contributed by atoms with Crippen molar-refractivity contribution < 1.29 is 19.1 Å². The van der Waals surface area contributed by atoms with E-state index in [1.807, 2.05) is 108 Å². The number of pyridine rings is 6. The zero-order valence-corrected chi connectivity index (χ0v) is 59.5. The van der Waals surface area contributed by atoms with Crippen molar-refractivity contribution >= 4 is 85.6 Å². The first-order valence-corrected chi connectivity index (χ1v) is 35.7. The van der Waals surface area contributed by atoms with Crippen LogP contribution in [0.1, 0.15) is 187 Å². The number of amides is 2. The molecular weight excluding hydrogens is 1310 g/mol. The average molecular weight is 1390 g/mol. The molecule has 2 amide bonds. The van der Waals surface area contributed by atoms with E-state index in [4.69, 9.17) is 42.0 Å².